The van der Waals surface area contributed by atoms with Gasteiger partial charge >= 0.3 is 0 Å². The second-order valence-electron chi connectivity index (χ2n) is 7.61. The fraction of sp³-hybridized carbons (Fsp3) is 0.231. The van der Waals surface area contributed by atoms with Gasteiger partial charge < -0.3 is 18.9 Å². The summed E-state index contributed by atoms with van der Waals surface area (Å²) in [6, 6.07) is 16.9. The van der Waals surface area contributed by atoms with Gasteiger partial charge in [0.25, 0.3) is 5.56 Å². The molecular weight excluding hydrogens is 420 g/mol. The molecule has 0 unspecified atom stereocenters. The van der Waals surface area contributed by atoms with Crippen LogP contribution < -0.4 is 24.5 Å². The van der Waals surface area contributed by atoms with Crippen molar-refractivity contribution in [3.05, 3.63) is 76.1 Å². The van der Waals surface area contributed by atoms with Gasteiger partial charge in [0.15, 0.2) is 11.5 Å². The third kappa shape index (κ3) is 4.22. The van der Waals surface area contributed by atoms with Gasteiger partial charge in [0.05, 0.1) is 45.9 Å². The second kappa shape index (κ2) is 9.24. The van der Waals surface area contributed by atoms with Crippen molar-refractivity contribution in [2.75, 3.05) is 28.4 Å². The van der Waals surface area contributed by atoms with Crippen molar-refractivity contribution in [1.29, 1.82) is 0 Å². The maximum atomic E-state index is 13.7. The van der Waals surface area contributed by atoms with Crippen molar-refractivity contribution in [1.82, 2.24) is 9.55 Å². The van der Waals surface area contributed by atoms with Crippen molar-refractivity contribution in [3.63, 3.8) is 0 Å². The summed E-state index contributed by atoms with van der Waals surface area (Å²) < 4.78 is 23.4. The summed E-state index contributed by atoms with van der Waals surface area (Å²) in [6.45, 7) is 2.28. The summed E-state index contributed by atoms with van der Waals surface area (Å²) in [6.07, 6.45) is 0. The molecule has 0 aliphatic rings. The molecular formula is C26H26N2O5. The van der Waals surface area contributed by atoms with Crippen LogP contribution in [0.3, 0.4) is 0 Å². The summed E-state index contributed by atoms with van der Waals surface area (Å²) in [5, 5.41) is 0.484. The Morgan fingerprint density at radius 3 is 2.06 bits per heavy atom. The monoisotopic (exact) mass is 446 g/mol. The first kappa shape index (κ1) is 22.2. The molecule has 0 atom stereocenters. The highest BCUT2D eigenvalue weighted by Crippen LogP contribution is 2.38. The van der Waals surface area contributed by atoms with E-state index in [9.17, 15) is 4.79 Å². The standard InChI is InChI=1S/C26H26N2O5/c1-16-6-8-18(9-7-16)25-27-21-11-10-19(30-2)14-20(21)26(29)28(25)15-17-12-22(31-3)24(33-5)23(13-17)32-4/h6-14H,15H2,1-5H3. The highest BCUT2D eigenvalue weighted by molar-refractivity contribution is 5.81. The summed E-state index contributed by atoms with van der Waals surface area (Å²) >= 11 is 0. The number of aromatic nitrogens is 2. The molecule has 7 heteroatoms. The molecule has 0 amide bonds. The Kier molecular flexibility index (Phi) is 6.22. The number of nitrogens with zero attached hydrogens (tertiary/aromatic N) is 2. The molecule has 1 aromatic heterocycles. The first-order valence-electron chi connectivity index (χ1n) is 10.4. The van der Waals surface area contributed by atoms with Crippen LogP contribution in [0.5, 0.6) is 23.0 Å². The van der Waals surface area contributed by atoms with Crippen LogP contribution in [0.25, 0.3) is 22.3 Å². The molecule has 0 spiro atoms. The Morgan fingerprint density at radius 1 is 0.818 bits per heavy atom. The van der Waals surface area contributed by atoms with Gasteiger partial charge in [-0.05, 0) is 42.8 Å². The van der Waals surface area contributed by atoms with Crippen LogP contribution in [-0.2, 0) is 6.54 Å². The number of aryl methyl sites for hydroxylation is 1. The summed E-state index contributed by atoms with van der Waals surface area (Å²) in [5.74, 6) is 2.71. The minimum Gasteiger partial charge on any atom is -0.497 e. The predicted molar refractivity (Wildman–Crippen MR) is 128 cm³/mol. The van der Waals surface area contributed by atoms with Crippen molar-refractivity contribution < 1.29 is 18.9 Å². The van der Waals surface area contributed by atoms with E-state index in [0.29, 0.717) is 39.7 Å². The van der Waals surface area contributed by atoms with Gasteiger partial charge in [-0.1, -0.05) is 29.8 Å². The van der Waals surface area contributed by atoms with Crippen LogP contribution in [0.1, 0.15) is 11.1 Å². The molecule has 4 rings (SSSR count). The van der Waals surface area contributed by atoms with E-state index in [2.05, 4.69) is 0 Å². The highest BCUT2D eigenvalue weighted by Gasteiger charge is 2.17. The lowest BCUT2D eigenvalue weighted by Gasteiger charge is -2.17. The van der Waals surface area contributed by atoms with Gasteiger partial charge in [-0.15, -0.1) is 0 Å². The number of hydrogen-bond acceptors (Lipinski definition) is 6. The van der Waals surface area contributed by atoms with E-state index in [0.717, 1.165) is 16.7 Å². The summed E-state index contributed by atoms with van der Waals surface area (Å²) in [5.41, 5.74) is 3.23. The number of benzene rings is 3. The number of fused-ring (bicyclic) bond motifs is 1. The SMILES string of the molecule is COc1ccc2nc(-c3ccc(C)cc3)n(Cc3cc(OC)c(OC)c(OC)c3)c(=O)c2c1. The van der Waals surface area contributed by atoms with Gasteiger partial charge in [-0.2, -0.15) is 0 Å². The zero-order valence-electron chi connectivity index (χ0n) is 19.3. The first-order chi connectivity index (χ1) is 16.0. The molecule has 0 aliphatic carbocycles. The predicted octanol–water partition coefficient (Wildman–Crippen LogP) is 4.45. The van der Waals surface area contributed by atoms with Gasteiger partial charge in [-0.3, -0.25) is 9.36 Å². The van der Waals surface area contributed by atoms with Crippen LogP contribution in [0.4, 0.5) is 0 Å². The van der Waals surface area contributed by atoms with Crippen LogP contribution >= 0.6 is 0 Å². The smallest absolute Gasteiger partial charge is 0.262 e. The molecule has 4 aromatic rings. The molecule has 33 heavy (non-hydrogen) atoms. The molecule has 0 N–H and O–H groups in total. The zero-order chi connectivity index (χ0) is 23.5. The lowest BCUT2D eigenvalue weighted by molar-refractivity contribution is 0.323. The van der Waals surface area contributed by atoms with Gasteiger partial charge in [-0.25, -0.2) is 4.98 Å². The number of methoxy groups -OCH3 is 4. The number of rotatable bonds is 7. The maximum absolute atomic E-state index is 13.7. The highest BCUT2D eigenvalue weighted by atomic mass is 16.5. The van der Waals surface area contributed by atoms with Gasteiger partial charge in [0.1, 0.15) is 11.6 Å². The van der Waals surface area contributed by atoms with Crippen molar-refractivity contribution >= 4 is 10.9 Å². The van der Waals surface area contributed by atoms with E-state index in [4.69, 9.17) is 23.9 Å². The topological polar surface area (TPSA) is 71.8 Å². The second-order valence-corrected chi connectivity index (χ2v) is 7.61. The molecule has 1 heterocycles. The molecule has 170 valence electrons. The van der Waals surface area contributed by atoms with Crippen molar-refractivity contribution in [2.24, 2.45) is 0 Å². The Morgan fingerprint density at radius 2 is 1.48 bits per heavy atom. The fourth-order valence-corrected chi connectivity index (χ4v) is 3.81. The molecule has 7 nitrogen and oxygen atoms in total. The maximum Gasteiger partial charge on any atom is 0.262 e. The average Bonchev–Trinajstić information content (AvgIpc) is 2.85. The van der Waals surface area contributed by atoms with E-state index in [-0.39, 0.29) is 12.1 Å². The Balaban J connectivity index is 1.95. The van der Waals surface area contributed by atoms with E-state index >= 15 is 0 Å². The number of hydrogen-bond donors (Lipinski definition) is 0. The van der Waals surface area contributed by atoms with Gasteiger partial charge in [0.2, 0.25) is 5.75 Å². The molecule has 0 saturated carbocycles. The lowest BCUT2D eigenvalue weighted by atomic mass is 10.1. The Hall–Kier alpha value is -4.00. The minimum atomic E-state index is -0.164. The first-order valence-corrected chi connectivity index (χ1v) is 10.4. The third-order valence-corrected chi connectivity index (χ3v) is 5.54. The molecule has 0 bridgehead atoms. The average molecular weight is 447 g/mol. The van der Waals surface area contributed by atoms with Gasteiger partial charge in [0, 0.05) is 5.56 Å². The van der Waals surface area contributed by atoms with Crippen LogP contribution in [-0.4, -0.2) is 38.0 Å². The Bertz CT molecular complexity index is 1330. The van der Waals surface area contributed by atoms with Crippen molar-refractivity contribution in [2.45, 2.75) is 13.5 Å². The zero-order valence-corrected chi connectivity index (χ0v) is 19.3. The molecule has 0 saturated heterocycles. The van der Waals surface area contributed by atoms with Crippen molar-refractivity contribution in [3.8, 4) is 34.4 Å². The van der Waals surface area contributed by atoms with Crippen LogP contribution in [0.2, 0.25) is 0 Å². The molecule has 3 aromatic carbocycles. The summed E-state index contributed by atoms with van der Waals surface area (Å²) in [4.78, 5) is 18.5. The fourth-order valence-electron chi connectivity index (χ4n) is 3.81. The Labute approximate surface area is 192 Å². The number of ether oxygens (including phenoxy) is 4. The van der Waals surface area contributed by atoms with E-state index in [1.807, 2.05) is 43.3 Å². The largest absolute Gasteiger partial charge is 0.497 e. The third-order valence-electron chi connectivity index (χ3n) is 5.54. The normalized spacial score (nSPS) is 10.8. The quantitative estimate of drug-likeness (QED) is 0.418. The van der Waals surface area contributed by atoms with E-state index in [1.54, 1.807) is 51.2 Å². The summed E-state index contributed by atoms with van der Waals surface area (Å²) in [7, 11) is 6.26. The van der Waals surface area contributed by atoms with Crippen LogP contribution in [0, 0.1) is 6.92 Å². The molecule has 0 fully saturated rings. The molecule has 0 aliphatic heterocycles. The lowest BCUT2D eigenvalue weighted by Crippen LogP contribution is -2.24. The molecule has 0 radical (unpaired) electrons. The minimum absolute atomic E-state index is 0.164. The van der Waals surface area contributed by atoms with E-state index in [1.165, 1.54) is 0 Å². The van der Waals surface area contributed by atoms with E-state index < -0.39 is 0 Å². The van der Waals surface area contributed by atoms with Crippen LogP contribution in [0.15, 0.2) is 59.4 Å².